The number of aromatic nitrogens is 2. The van der Waals surface area contributed by atoms with Crippen molar-refractivity contribution in [2.75, 3.05) is 23.7 Å². The zero-order valence-electron chi connectivity index (χ0n) is 9.80. The summed E-state index contributed by atoms with van der Waals surface area (Å²) in [5.74, 6) is 0.0543. The van der Waals surface area contributed by atoms with Crippen molar-refractivity contribution in [3.63, 3.8) is 0 Å². The van der Waals surface area contributed by atoms with Gasteiger partial charge in [-0.1, -0.05) is 12.8 Å². The summed E-state index contributed by atoms with van der Waals surface area (Å²) < 4.78 is 0. The fraction of sp³-hybridized carbons (Fsp3) is 0.600. The predicted octanol–water partition coefficient (Wildman–Crippen LogP) is 2.00. The Balaban J connectivity index is 2.43. The van der Waals surface area contributed by atoms with Crippen molar-refractivity contribution in [3.05, 3.63) is 15.4 Å². The number of nitro groups is 1. The van der Waals surface area contributed by atoms with E-state index in [4.69, 9.17) is 17.3 Å². The van der Waals surface area contributed by atoms with Gasteiger partial charge in [0.2, 0.25) is 16.9 Å². The molecule has 0 radical (unpaired) electrons. The highest BCUT2D eigenvalue weighted by Crippen LogP contribution is 2.32. The molecule has 1 aliphatic heterocycles. The maximum atomic E-state index is 11.1. The van der Waals surface area contributed by atoms with Crippen molar-refractivity contribution in [2.45, 2.75) is 25.7 Å². The third-order valence-electron chi connectivity index (χ3n) is 2.95. The van der Waals surface area contributed by atoms with Crippen molar-refractivity contribution in [2.24, 2.45) is 0 Å². The lowest BCUT2D eigenvalue weighted by molar-refractivity contribution is -0.383. The van der Waals surface area contributed by atoms with Crippen molar-refractivity contribution in [1.29, 1.82) is 0 Å². The molecule has 0 spiro atoms. The van der Waals surface area contributed by atoms with E-state index in [9.17, 15) is 10.1 Å². The van der Waals surface area contributed by atoms with Crippen LogP contribution in [0.2, 0.25) is 5.28 Å². The van der Waals surface area contributed by atoms with Gasteiger partial charge in [-0.2, -0.15) is 9.97 Å². The average Bonchev–Trinajstić information content (AvgIpc) is 2.55. The summed E-state index contributed by atoms with van der Waals surface area (Å²) in [7, 11) is 0. The van der Waals surface area contributed by atoms with Gasteiger partial charge in [0.15, 0.2) is 0 Å². The van der Waals surface area contributed by atoms with Crippen LogP contribution >= 0.6 is 11.6 Å². The number of halogens is 1. The van der Waals surface area contributed by atoms with Crippen LogP contribution in [0, 0.1) is 10.1 Å². The highest BCUT2D eigenvalue weighted by Gasteiger charge is 2.27. The number of nitrogens with two attached hydrogens (primary N) is 1. The molecular formula is C10H14ClN5O2. The SMILES string of the molecule is Nc1nc(Cl)nc(N2CCCCCC2)c1[N+](=O)[O-]. The van der Waals surface area contributed by atoms with Gasteiger partial charge in [0.05, 0.1) is 4.92 Å². The van der Waals surface area contributed by atoms with Crippen molar-refractivity contribution < 1.29 is 4.92 Å². The summed E-state index contributed by atoms with van der Waals surface area (Å²) >= 11 is 5.74. The first-order valence-corrected chi connectivity index (χ1v) is 6.19. The van der Waals surface area contributed by atoms with Crippen molar-refractivity contribution in [1.82, 2.24) is 9.97 Å². The lowest BCUT2D eigenvalue weighted by Crippen LogP contribution is -2.26. The number of hydrogen-bond donors (Lipinski definition) is 1. The van der Waals surface area contributed by atoms with E-state index in [-0.39, 0.29) is 22.6 Å². The number of nitrogen functional groups attached to an aromatic ring is 1. The largest absolute Gasteiger partial charge is 0.378 e. The molecule has 98 valence electrons. The molecule has 2 N–H and O–H groups in total. The molecule has 0 atom stereocenters. The fourth-order valence-corrected chi connectivity index (χ4v) is 2.28. The Kier molecular flexibility index (Phi) is 3.81. The van der Waals surface area contributed by atoms with Crippen LogP contribution in [0.3, 0.4) is 0 Å². The summed E-state index contributed by atoms with van der Waals surface area (Å²) in [6.07, 6.45) is 4.22. The molecule has 1 aromatic heterocycles. The second-order valence-electron chi connectivity index (χ2n) is 4.21. The maximum absolute atomic E-state index is 11.1. The molecule has 7 nitrogen and oxygen atoms in total. The zero-order valence-corrected chi connectivity index (χ0v) is 10.6. The first kappa shape index (κ1) is 12.8. The third kappa shape index (κ3) is 2.61. The minimum atomic E-state index is -0.550. The van der Waals surface area contributed by atoms with Crippen LogP contribution in [0.4, 0.5) is 17.3 Å². The van der Waals surface area contributed by atoms with Gasteiger partial charge in [0.1, 0.15) is 0 Å². The van der Waals surface area contributed by atoms with Crippen LogP contribution in [0.5, 0.6) is 0 Å². The number of hydrogen-bond acceptors (Lipinski definition) is 6. The van der Waals surface area contributed by atoms with Gasteiger partial charge in [-0.15, -0.1) is 0 Å². The van der Waals surface area contributed by atoms with Crippen molar-refractivity contribution in [3.8, 4) is 0 Å². The smallest absolute Gasteiger partial charge is 0.353 e. The van der Waals surface area contributed by atoms with Gasteiger partial charge in [-0.25, -0.2) is 0 Å². The minimum Gasteiger partial charge on any atom is -0.378 e. The monoisotopic (exact) mass is 271 g/mol. The molecule has 0 amide bonds. The second kappa shape index (κ2) is 5.34. The topological polar surface area (TPSA) is 98.2 Å². The van der Waals surface area contributed by atoms with Gasteiger partial charge in [-0.05, 0) is 24.4 Å². The zero-order chi connectivity index (χ0) is 13.1. The molecule has 8 heteroatoms. The first-order valence-electron chi connectivity index (χ1n) is 5.82. The molecule has 1 aliphatic rings. The molecule has 2 heterocycles. The number of rotatable bonds is 2. The average molecular weight is 272 g/mol. The normalized spacial score (nSPS) is 16.4. The molecule has 0 saturated carbocycles. The van der Waals surface area contributed by atoms with Crippen LogP contribution in [-0.4, -0.2) is 28.0 Å². The molecule has 0 aliphatic carbocycles. The van der Waals surface area contributed by atoms with E-state index in [1.165, 1.54) is 0 Å². The highest BCUT2D eigenvalue weighted by atomic mass is 35.5. The Hall–Kier alpha value is -1.63. The summed E-state index contributed by atoms with van der Waals surface area (Å²) in [6.45, 7) is 1.46. The summed E-state index contributed by atoms with van der Waals surface area (Å²) in [4.78, 5) is 20.0. The summed E-state index contributed by atoms with van der Waals surface area (Å²) in [5.41, 5.74) is 5.32. The van der Waals surface area contributed by atoms with Crippen LogP contribution in [-0.2, 0) is 0 Å². The molecular weight excluding hydrogens is 258 g/mol. The Labute approximate surface area is 109 Å². The molecule has 0 aromatic carbocycles. The number of anilines is 2. The van der Waals surface area contributed by atoms with Crippen LogP contribution in [0.1, 0.15) is 25.7 Å². The third-order valence-corrected chi connectivity index (χ3v) is 3.12. The highest BCUT2D eigenvalue weighted by molar-refractivity contribution is 6.28. The molecule has 0 bridgehead atoms. The van der Waals surface area contributed by atoms with Crippen LogP contribution in [0.25, 0.3) is 0 Å². The van der Waals surface area contributed by atoms with E-state index < -0.39 is 4.92 Å². The van der Waals surface area contributed by atoms with Gasteiger partial charge in [0, 0.05) is 13.1 Å². The molecule has 2 rings (SSSR count). The molecule has 1 saturated heterocycles. The molecule has 18 heavy (non-hydrogen) atoms. The van der Waals surface area contributed by atoms with Gasteiger partial charge in [-0.3, -0.25) is 10.1 Å². The predicted molar refractivity (Wildman–Crippen MR) is 68.8 cm³/mol. The van der Waals surface area contributed by atoms with Crippen molar-refractivity contribution >= 4 is 28.9 Å². The van der Waals surface area contributed by atoms with Gasteiger partial charge >= 0.3 is 5.69 Å². The van der Waals surface area contributed by atoms with Crippen LogP contribution in [0.15, 0.2) is 0 Å². The van der Waals surface area contributed by atoms with E-state index in [0.29, 0.717) is 0 Å². The van der Waals surface area contributed by atoms with E-state index in [0.717, 1.165) is 38.8 Å². The Morgan fingerprint density at radius 2 is 1.83 bits per heavy atom. The quantitative estimate of drug-likeness (QED) is 0.502. The van der Waals surface area contributed by atoms with E-state index in [1.54, 1.807) is 0 Å². The van der Waals surface area contributed by atoms with E-state index >= 15 is 0 Å². The summed E-state index contributed by atoms with van der Waals surface area (Å²) in [6, 6.07) is 0. The molecule has 1 aromatic rings. The van der Waals surface area contributed by atoms with Gasteiger partial charge < -0.3 is 10.6 Å². The fourth-order valence-electron chi connectivity index (χ4n) is 2.11. The van der Waals surface area contributed by atoms with E-state index in [2.05, 4.69) is 9.97 Å². The Bertz CT molecular complexity index is 460. The maximum Gasteiger partial charge on any atom is 0.353 e. The lowest BCUT2D eigenvalue weighted by atomic mass is 10.2. The second-order valence-corrected chi connectivity index (χ2v) is 4.55. The first-order chi connectivity index (χ1) is 8.59. The molecule has 0 unspecified atom stereocenters. The number of nitrogens with zero attached hydrogens (tertiary/aromatic N) is 4. The summed E-state index contributed by atoms with van der Waals surface area (Å²) in [5, 5.41) is 11.0. The van der Waals surface area contributed by atoms with E-state index in [1.807, 2.05) is 4.90 Å². The standard InChI is InChI=1S/C10H14ClN5O2/c11-10-13-8(12)7(16(17)18)9(14-10)15-5-3-1-2-4-6-15/h1-6H2,(H2,12,13,14). The molecule has 1 fully saturated rings. The lowest BCUT2D eigenvalue weighted by Gasteiger charge is -2.21. The Morgan fingerprint density at radius 3 is 2.39 bits per heavy atom. The minimum absolute atomic E-state index is 0.0580. The van der Waals surface area contributed by atoms with Gasteiger partial charge in [0.25, 0.3) is 0 Å². The Morgan fingerprint density at radius 1 is 1.22 bits per heavy atom. The van der Waals surface area contributed by atoms with Crippen LogP contribution < -0.4 is 10.6 Å².